The van der Waals surface area contributed by atoms with E-state index in [1.807, 2.05) is 12.1 Å². The number of ether oxygens (including phenoxy) is 2. The van der Waals surface area contributed by atoms with Gasteiger partial charge >= 0.3 is 0 Å². The molecule has 0 saturated heterocycles. The van der Waals surface area contributed by atoms with Crippen LogP contribution in [0.5, 0.6) is 5.75 Å². The van der Waals surface area contributed by atoms with Crippen LogP contribution in [0.2, 0.25) is 0 Å². The molecule has 0 radical (unpaired) electrons. The highest BCUT2D eigenvalue weighted by molar-refractivity contribution is 5.98. The summed E-state index contributed by atoms with van der Waals surface area (Å²) in [4.78, 5) is 4.62. The largest absolute Gasteiger partial charge is 0.496 e. The van der Waals surface area contributed by atoms with Crippen molar-refractivity contribution >= 4 is 5.90 Å². The lowest BCUT2D eigenvalue weighted by atomic mass is 10.1. The van der Waals surface area contributed by atoms with Crippen LogP contribution in [-0.4, -0.2) is 25.7 Å². The predicted octanol–water partition coefficient (Wildman–Crippen LogP) is 2.81. The van der Waals surface area contributed by atoms with Gasteiger partial charge in [-0.1, -0.05) is 25.5 Å². The van der Waals surface area contributed by atoms with Gasteiger partial charge in [-0.15, -0.1) is 0 Å². The van der Waals surface area contributed by atoms with Crippen molar-refractivity contribution in [1.82, 2.24) is 0 Å². The van der Waals surface area contributed by atoms with Gasteiger partial charge in [0.05, 0.1) is 18.7 Å². The molecule has 1 aromatic rings. The maximum Gasteiger partial charge on any atom is 0.220 e. The van der Waals surface area contributed by atoms with Crippen molar-refractivity contribution in [2.45, 2.75) is 26.8 Å². The monoisotopic (exact) mass is 233 g/mol. The molecule has 0 amide bonds. The summed E-state index contributed by atoms with van der Waals surface area (Å²) in [5.74, 6) is 2.03. The standard InChI is InChI=1S/C14H19NO2/c1-9(2)12-8-17-14(15-12)11-7-10(3)5-6-13(11)16-4/h5-7,9,12H,8H2,1-4H3. The van der Waals surface area contributed by atoms with Crippen molar-refractivity contribution < 1.29 is 9.47 Å². The summed E-state index contributed by atoms with van der Waals surface area (Å²) in [5.41, 5.74) is 2.13. The SMILES string of the molecule is COc1ccc(C)cc1C1=NC(C(C)C)CO1. The zero-order chi connectivity index (χ0) is 12.4. The van der Waals surface area contributed by atoms with Crippen LogP contribution >= 0.6 is 0 Å². The Morgan fingerprint density at radius 3 is 2.76 bits per heavy atom. The van der Waals surface area contributed by atoms with Gasteiger partial charge in [0.25, 0.3) is 0 Å². The van der Waals surface area contributed by atoms with E-state index in [0.29, 0.717) is 18.4 Å². The molecule has 1 atom stereocenters. The summed E-state index contributed by atoms with van der Waals surface area (Å²) in [7, 11) is 1.67. The van der Waals surface area contributed by atoms with E-state index in [1.54, 1.807) is 7.11 Å². The van der Waals surface area contributed by atoms with Gasteiger partial charge in [0.15, 0.2) is 0 Å². The Hall–Kier alpha value is -1.51. The van der Waals surface area contributed by atoms with E-state index in [-0.39, 0.29) is 6.04 Å². The lowest BCUT2D eigenvalue weighted by Gasteiger charge is -2.08. The van der Waals surface area contributed by atoms with Crippen molar-refractivity contribution in [2.75, 3.05) is 13.7 Å². The number of hydrogen-bond donors (Lipinski definition) is 0. The zero-order valence-corrected chi connectivity index (χ0v) is 10.9. The van der Waals surface area contributed by atoms with E-state index in [1.165, 1.54) is 5.56 Å². The Balaban J connectivity index is 2.34. The van der Waals surface area contributed by atoms with Gasteiger partial charge < -0.3 is 9.47 Å². The lowest BCUT2D eigenvalue weighted by Crippen LogP contribution is -2.13. The molecule has 1 aliphatic rings. The highest BCUT2D eigenvalue weighted by atomic mass is 16.5. The van der Waals surface area contributed by atoms with Crippen LogP contribution in [0.4, 0.5) is 0 Å². The van der Waals surface area contributed by atoms with E-state index in [0.717, 1.165) is 11.3 Å². The molecule has 2 rings (SSSR count). The first-order valence-electron chi connectivity index (χ1n) is 5.97. The van der Waals surface area contributed by atoms with E-state index < -0.39 is 0 Å². The molecule has 1 heterocycles. The first-order chi connectivity index (χ1) is 8.11. The number of aryl methyl sites for hydroxylation is 1. The fourth-order valence-electron chi connectivity index (χ4n) is 1.87. The van der Waals surface area contributed by atoms with Gasteiger partial charge in [-0.05, 0) is 25.0 Å². The highest BCUT2D eigenvalue weighted by Crippen LogP contribution is 2.25. The molecule has 0 bridgehead atoms. The van der Waals surface area contributed by atoms with Crippen molar-refractivity contribution in [1.29, 1.82) is 0 Å². The average Bonchev–Trinajstić information content (AvgIpc) is 2.78. The maximum atomic E-state index is 5.68. The van der Waals surface area contributed by atoms with Crippen LogP contribution in [0.1, 0.15) is 25.0 Å². The Bertz CT molecular complexity index is 438. The molecule has 3 heteroatoms. The van der Waals surface area contributed by atoms with Gasteiger partial charge in [0.2, 0.25) is 5.90 Å². The molecular weight excluding hydrogens is 214 g/mol. The van der Waals surface area contributed by atoms with E-state index in [4.69, 9.17) is 9.47 Å². The minimum Gasteiger partial charge on any atom is -0.496 e. The number of hydrogen-bond acceptors (Lipinski definition) is 3. The Kier molecular flexibility index (Phi) is 3.36. The van der Waals surface area contributed by atoms with Gasteiger partial charge in [-0.2, -0.15) is 0 Å². The van der Waals surface area contributed by atoms with Gasteiger partial charge in [-0.3, -0.25) is 0 Å². The normalized spacial score (nSPS) is 19.1. The quantitative estimate of drug-likeness (QED) is 0.803. The number of rotatable bonds is 3. The molecule has 0 N–H and O–H groups in total. The van der Waals surface area contributed by atoms with Crippen molar-refractivity contribution in [3.63, 3.8) is 0 Å². The van der Waals surface area contributed by atoms with Gasteiger partial charge in [0.1, 0.15) is 12.4 Å². The summed E-state index contributed by atoms with van der Waals surface area (Å²) in [6.07, 6.45) is 0. The third-order valence-electron chi connectivity index (χ3n) is 3.03. The second-order valence-corrected chi connectivity index (χ2v) is 4.76. The first kappa shape index (κ1) is 12.0. The Morgan fingerprint density at radius 2 is 2.18 bits per heavy atom. The topological polar surface area (TPSA) is 30.8 Å². The number of nitrogens with zero attached hydrogens (tertiary/aromatic N) is 1. The average molecular weight is 233 g/mol. The molecule has 0 aromatic heterocycles. The third-order valence-corrected chi connectivity index (χ3v) is 3.03. The molecule has 1 aliphatic heterocycles. The fraction of sp³-hybridized carbons (Fsp3) is 0.500. The summed E-state index contributed by atoms with van der Waals surface area (Å²) < 4.78 is 11.0. The third kappa shape index (κ3) is 2.43. The number of benzene rings is 1. The summed E-state index contributed by atoms with van der Waals surface area (Å²) >= 11 is 0. The predicted molar refractivity (Wildman–Crippen MR) is 68.8 cm³/mol. The zero-order valence-electron chi connectivity index (χ0n) is 10.9. The summed E-state index contributed by atoms with van der Waals surface area (Å²) in [5, 5.41) is 0. The molecule has 17 heavy (non-hydrogen) atoms. The Labute approximate surface area is 102 Å². The Morgan fingerprint density at radius 1 is 1.41 bits per heavy atom. The lowest BCUT2D eigenvalue weighted by molar-refractivity contribution is 0.291. The van der Waals surface area contributed by atoms with Crippen LogP contribution in [0.25, 0.3) is 0 Å². The number of methoxy groups -OCH3 is 1. The molecule has 3 nitrogen and oxygen atoms in total. The molecule has 92 valence electrons. The van der Waals surface area contributed by atoms with E-state index in [2.05, 4.69) is 31.8 Å². The van der Waals surface area contributed by atoms with Crippen molar-refractivity contribution in [3.05, 3.63) is 29.3 Å². The second kappa shape index (κ2) is 4.78. The molecular formula is C14H19NO2. The smallest absolute Gasteiger partial charge is 0.220 e. The highest BCUT2D eigenvalue weighted by Gasteiger charge is 2.24. The molecule has 0 spiro atoms. The van der Waals surface area contributed by atoms with Crippen molar-refractivity contribution in [3.8, 4) is 5.75 Å². The second-order valence-electron chi connectivity index (χ2n) is 4.76. The molecule has 0 fully saturated rings. The van der Waals surface area contributed by atoms with Crippen LogP contribution in [0, 0.1) is 12.8 Å². The van der Waals surface area contributed by atoms with E-state index in [9.17, 15) is 0 Å². The van der Waals surface area contributed by atoms with Gasteiger partial charge in [-0.25, -0.2) is 4.99 Å². The fourth-order valence-corrected chi connectivity index (χ4v) is 1.87. The minimum absolute atomic E-state index is 0.259. The maximum absolute atomic E-state index is 5.68. The van der Waals surface area contributed by atoms with Crippen molar-refractivity contribution in [2.24, 2.45) is 10.9 Å². The molecule has 1 unspecified atom stereocenters. The van der Waals surface area contributed by atoms with Crippen LogP contribution in [0.15, 0.2) is 23.2 Å². The minimum atomic E-state index is 0.259. The summed E-state index contributed by atoms with van der Waals surface area (Å²) in [6, 6.07) is 6.30. The first-order valence-corrected chi connectivity index (χ1v) is 5.97. The van der Waals surface area contributed by atoms with Gasteiger partial charge in [0, 0.05) is 0 Å². The van der Waals surface area contributed by atoms with Crippen LogP contribution in [0.3, 0.4) is 0 Å². The number of aliphatic imine (C=N–C) groups is 1. The van der Waals surface area contributed by atoms with Crippen LogP contribution in [-0.2, 0) is 4.74 Å². The molecule has 1 aromatic carbocycles. The van der Waals surface area contributed by atoms with E-state index >= 15 is 0 Å². The van der Waals surface area contributed by atoms with Crippen LogP contribution < -0.4 is 4.74 Å². The molecule has 0 saturated carbocycles. The molecule has 0 aliphatic carbocycles. The summed E-state index contributed by atoms with van der Waals surface area (Å²) in [6.45, 7) is 7.05.